The van der Waals surface area contributed by atoms with Crippen molar-refractivity contribution < 1.29 is 9.84 Å². The third kappa shape index (κ3) is 3.47. The summed E-state index contributed by atoms with van der Waals surface area (Å²) in [6, 6.07) is 8.19. The van der Waals surface area contributed by atoms with Gasteiger partial charge in [-0.3, -0.25) is 0 Å². The van der Waals surface area contributed by atoms with E-state index in [9.17, 15) is 5.11 Å². The number of nitrogens with one attached hydrogen (secondary N) is 1. The maximum absolute atomic E-state index is 10.0. The fourth-order valence-corrected chi connectivity index (χ4v) is 5.11. The van der Waals surface area contributed by atoms with E-state index < -0.39 is 0 Å². The molecule has 9 heteroatoms. The quantitative estimate of drug-likeness (QED) is 0.455. The van der Waals surface area contributed by atoms with E-state index in [0.29, 0.717) is 17.2 Å². The van der Waals surface area contributed by atoms with E-state index in [2.05, 4.69) is 40.2 Å². The molecule has 4 heterocycles. The number of aromatic nitrogens is 5. The number of fused-ring (bicyclic) bond motifs is 1. The van der Waals surface area contributed by atoms with E-state index in [-0.39, 0.29) is 12.6 Å². The van der Waals surface area contributed by atoms with Gasteiger partial charge in [-0.1, -0.05) is 0 Å². The summed E-state index contributed by atoms with van der Waals surface area (Å²) in [6.07, 6.45) is 9.08. The third-order valence-electron chi connectivity index (χ3n) is 7.37. The van der Waals surface area contributed by atoms with Crippen LogP contribution in [0.5, 0.6) is 5.75 Å². The second kappa shape index (κ2) is 7.73. The maximum Gasteiger partial charge on any atom is 0.248 e. The minimum Gasteiger partial charge on any atom is -0.496 e. The van der Waals surface area contributed by atoms with Crippen LogP contribution in [0.4, 0.5) is 17.6 Å². The Labute approximate surface area is 198 Å². The van der Waals surface area contributed by atoms with Crippen LogP contribution in [-0.2, 0) is 0 Å². The Balaban J connectivity index is 1.32. The first kappa shape index (κ1) is 21.0. The van der Waals surface area contributed by atoms with Gasteiger partial charge in [0, 0.05) is 18.8 Å². The van der Waals surface area contributed by atoms with Crippen LogP contribution in [0.3, 0.4) is 0 Å². The maximum atomic E-state index is 10.0. The highest BCUT2D eigenvalue weighted by Crippen LogP contribution is 2.55. The molecule has 9 nitrogen and oxygen atoms in total. The third-order valence-corrected chi connectivity index (χ3v) is 7.37. The van der Waals surface area contributed by atoms with Gasteiger partial charge in [0.2, 0.25) is 5.95 Å². The Morgan fingerprint density at radius 1 is 1.26 bits per heavy atom. The molecular weight excluding hydrogens is 430 g/mol. The number of hydrogen-bond donors (Lipinski definition) is 2. The lowest BCUT2D eigenvalue weighted by Crippen LogP contribution is -2.33. The lowest BCUT2D eigenvalue weighted by atomic mass is 10.0. The minimum absolute atomic E-state index is 0.0860. The number of imidazole rings is 1. The van der Waals surface area contributed by atoms with Gasteiger partial charge >= 0.3 is 0 Å². The summed E-state index contributed by atoms with van der Waals surface area (Å²) in [6.45, 7) is 5.19. The van der Waals surface area contributed by atoms with Crippen molar-refractivity contribution in [3.63, 3.8) is 0 Å². The molecule has 1 aromatic carbocycles. The largest absolute Gasteiger partial charge is 0.496 e. The Hall–Kier alpha value is -3.59. The molecule has 176 valence electrons. The molecule has 1 atom stereocenters. The highest BCUT2D eigenvalue weighted by atomic mass is 16.5. The molecule has 34 heavy (non-hydrogen) atoms. The summed E-state index contributed by atoms with van der Waals surface area (Å²) in [5.41, 5.74) is 4.54. The topological polar surface area (TPSA) is 92.7 Å². The summed E-state index contributed by atoms with van der Waals surface area (Å²) >= 11 is 0. The molecule has 2 aliphatic rings. The number of benzene rings is 1. The molecule has 0 unspecified atom stereocenters. The van der Waals surface area contributed by atoms with Crippen molar-refractivity contribution in [3.8, 4) is 11.4 Å². The minimum atomic E-state index is 0.0860. The molecular formula is C25H29N7O2. The molecule has 1 spiro atoms. The summed E-state index contributed by atoms with van der Waals surface area (Å²) in [5.74, 6) is 2.81. The molecule has 0 bridgehead atoms. The zero-order valence-corrected chi connectivity index (χ0v) is 19.7. The standard InChI is InChI=1S/C25H29N7O2/c1-16-9-18(10-21(34-3)17(16)2)30-12-22(26-15-30)27-24-28-23(20-5-4-8-32(20)29-24)31-14-25(6-7-25)11-19(31)13-33/h4-5,8-10,12,15,19,33H,6-7,11,13-14H2,1-3H3,(H,27,29)/t19-/m0/s1. The number of anilines is 3. The zero-order chi connectivity index (χ0) is 23.4. The second-order valence-electron chi connectivity index (χ2n) is 9.65. The van der Waals surface area contributed by atoms with Crippen molar-refractivity contribution in [2.45, 2.75) is 39.2 Å². The Kier molecular flexibility index (Phi) is 4.77. The average Bonchev–Trinajstić information content (AvgIpc) is 3.19. The summed E-state index contributed by atoms with van der Waals surface area (Å²) in [5, 5.41) is 17.9. The molecule has 1 aliphatic heterocycles. The molecule has 0 radical (unpaired) electrons. The molecule has 1 saturated carbocycles. The number of aliphatic hydroxyl groups is 1. The van der Waals surface area contributed by atoms with E-state index in [1.54, 1.807) is 13.4 Å². The monoisotopic (exact) mass is 459 g/mol. The van der Waals surface area contributed by atoms with E-state index in [0.717, 1.165) is 46.9 Å². The summed E-state index contributed by atoms with van der Waals surface area (Å²) < 4.78 is 9.31. The van der Waals surface area contributed by atoms with Gasteiger partial charge in [-0.05, 0) is 67.9 Å². The number of nitrogens with zero attached hydrogens (tertiary/aromatic N) is 6. The van der Waals surface area contributed by atoms with Crippen LogP contribution in [0.1, 0.15) is 30.4 Å². The molecule has 3 aromatic heterocycles. The van der Waals surface area contributed by atoms with Crippen LogP contribution in [-0.4, -0.2) is 55.6 Å². The van der Waals surface area contributed by atoms with Crippen LogP contribution in [0.15, 0.2) is 43.0 Å². The number of rotatable bonds is 6. The molecule has 1 aliphatic carbocycles. The fraction of sp³-hybridized carbons (Fsp3) is 0.400. The van der Waals surface area contributed by atoms with Gasteiger partial charge in [0.15, 0.2) is 11.6 Å². The molecule has 2 N–H and O–H groups in total. The van der Waals surface area contributed by atoms with Crippen molar-refractivity contribution in [1.29, 1.82) is 0 Å². The average molecular weight is 460 g/mol. The van der Waals surface area contributed by atoms with Crippen molar-refractivity contribution in [2.75, 3.05) is 30.5 Å². The smallest absolute Gasteiger partial charge is 0.248 e. The van der Waals surface area contributed by atoms with Crippen molar-refractivity contribution >= 4 is 23.1 Å². The normalized spacial score (nSPS) is 18.7. The van der Waals surface area contributed by atoms with Gasteiger partial charge in [-0.25, -0.2) is 9.50 Å². The Morgan fingerprint density at radius 2 is 2.12 bits per heavy atom. The molecule has 2 fully saturated rings. The predicted molar refractivity (Wildman–Crippen MR) is 130 cm³/mol. The highest BCUT2D eigenvalue weighted by molar-refractivity contribution is 5.71. The van der Waals surface area contributed by atoms with E-state index in [1.165, 1.54) is 12.8 Å². The van der Waals surface area contributed by atoms with Crippen molar-refractivity contribution in [3.05, 3.63) is 54.1 Å². The second-order valence-corrected chi connectivity index (χ2v) is 9.65. The first-order valence-electron chi connectivity index (χ1n) is 11.7. The molecule has 1 saturated heterocycles. The first-order chi connectivity index (χ1) is 16.5. The number of hydrogen-bond acceptors (Lipinski definition) is 7. The predicted octanol–water partition coefficient (Wildman–Crippen LogP) is 3.64. The number of aliphatic hydroxyl groups excluding tert-OH is 1. The van der Waals surface area contributed by atoms with Crippen molar-refractivity contribution in [1.82, 2.24) is 24.1 Å². The Morgan fingerprint density at radius 3 is 2.88 bits per heavy atom. The zero-order valence-electron chi connectivity index (χ0n) is 19.7. The van der Waals surface area contributed by atoms with Gasteiger partial charge < -0.3 is 24.6 Å². The van der Waals surface area contributed by atoms with Crippen LogP contribution in [0, 0.1) is 19.3 Å². The van der Waals surface area contributed by atoms with Crippen LogP contribution >= 0.6 is 0 Å². The van der Waals surface area contributed by atoms with Gasteiger partial charge in [0.05, 0.1) is 31.6 Å². The molecule has 4 aromatic rings. The van der Waals surface area contributed by atoms with Gasteiger partial charge in [-0.2, -0.15) is 4.98 Å². The SMILES string of the molecule is COc1cc(-n2cnc(Nc3nc(N4CC5(CC5)C[C@H]4CO)c4cccn4n3)c2)cc(C)c1C. The highest BCUT2D eigenvalue weighted by Gasteiger charge is 2.52. The van der Waals surface area contributed by atoms with Gasteiger partial charge in [0.1, 0.15) is 17.6 Å². The van der Waals surface area contributed by atoms with Gasteiger partial charge in [0.25, 0.3) is 0 Å². The summed E-state index contributed by atoms with van der Waals surface area (Å²) in [4.78, 5) is 11.7. The van der Waals surface area contributed by atoms with Crippen molar-refractivity contribution in [2.24, 2.45) is 5.41 Å². The number of ether oxygens (including phenoxy) is 1. The Bertz CT molecular complexity index is 1370. The first-order valence-corrected chi connectivity index (χ1v) is 11.7. The molecule has 0 amide bonds. The van der Waals surface area contributed by atoms with Crippen LogP contribution in [0.25, 0.3) is 11.2 Å². The van der Waals surface area contributed by atoms with E-state index in [4.69, 9.17) is 9.72 Å². The fourth-order valence-electron chi connectivity index (χ4n) is 5.11. The number of methoxy groups -OCH3 is 1. The van der Waals surface area contributed by atoms with Crippen LogP contribution < -0.4 is 15.0 Å². The van der Waals surface area contributed by atoms with Crippen LogP contribution in [0.2, 0.25) is 0 Å². The van der Waals surface area contributed by atoms with E-state index >= 15 is 0 Å². The molecule has 6 rings (SSSR count). The van der Waals surface area contributed by atoms with E-state index in [1.807, 2.05) is 39.7 Å². The lowest BCUT2D eigenvalue weighted by Gasteiger charge is -2.25. The van der Waals surface area contributed by atoms with Gasteiger partial charge in [-0.15, -0.1) is 5.10 Å². The summed E-state index contributed by atoms with van der Waals surface area (Å²) in [7, 11) is 1.69. The number of aryl methyl sites for hydroxylation is 1. The lowest BCUT2D eigenvalue weighted by molar-refractivity contribution is 0.261.